The Kier molecular flexibility index (Phi) is 4.06. The molecule has 1 aromatic rings. The van der Waals surface area contributed by atoms with Gasteiger partial charge in [-0.15, -0.1) is 0 Å². The van der Waals surface area contributed by atoms with Crippen molar-refractivity contribution in [3.63, 3.8) is 0 Å². The van der Waals surface area contributed by atoms with Gasteiger partial charge < -0.3 is 15.2 Å². The summed E-state index contributed by atoms with van der Waals surface area (Å²) in [7, 11) is 0. The number of carboxylic acids is 1. The van der Waals surface area contributed by atoms with Gasteiger partial charge in [0.1, 0.15) is 5.92 Å². The number of carbonyl (C=O) groups is 2. The number of fused-ring (bicyclic) bond motifs is 2. The SMILES string of the molecule is CCc1cc(Br)ccc1NC(=O)[C@H]1[C@@H](C(=O)O)[C@@H]2C=C[C@H]1O2. The van der Waals surface area contributed by atoms with E-state index in [1.54, 1.807) is 12.2 Å². The van der Waals surface area contributed by atoms with E-state index in [1.807, 2.05) is 25.1 Å². The van der Waals surface area contributed by atoms with Gasteiger partial charge in [-0.3, -0.25) is 9.59 Å². The highest BCUT2D eigenvalue weighted by molar-refractivity contribution is 9.10. The molecule has 0 unspecified atom stereocenters. The second-order valence-corrected chi connectivity index (χ2v) is 6.40. The molecule has 6 heteroatoms. The number of rotatable bonds is 4. The molecule has 2 bridgehead atoms. The number of amides is 1. The molecule has 3 rings (SSSR count). The summed E-state index contributed by atoms with van der Waals surface area (Å²) in [6.07, 6.45) is 3.31. The summed E-state index contributed by atoms with van der Waals surface area (Å²) in [5, 5.41) is 12.2. The van der Waals surface area contributed by atoms with Crippen molar-refractivity contribution >= 4 is 33.5 Å². The highest BCUT2D eigenvalue weighted by atomic mass is 79.9. The lowest BCUT2D eigenvalue weighted by molar-refractivity contribution is -0.145. The van der Waals surface area contributed by atoms with E-state index in [0.717, 1.165) is 16.5 Å². The van der Waals surface area contributed by atoms with E-state index in [2.05, 4.69) is 21.2 Å². The summed E-state index contributed by atoms with van der Waals surface area (Å²) < 4.78 is 6.47. The molecular formula is C16H16BrNO4. The molecule has 2 N–H and O–H groups in total. The molecule has 4 atom stereocenters. The summed E-state index contributed by atoms with van der Waals surface area (Å²) in [5.41, 5.74) is 1.71. The molecule has 0 saturated carbocycles. The van der Waals surface area contributed by atoms with Gasteiger partial charge in [-0.2, -0.15) is 0 Å². The average molecular weight is 366 g/mol. The minimum Gasteiger partial charge on any atom is -0.481 e. The third-order valence-electron chi connectivity index (χ3n) is 4.19. The van der Waals surface area contributed by atoms with Crippen LogP contribution in [0.1, 0.15) is 12.5 Å². The Morgan fingerprint density at radius 3 is 2.59 bits per heavy atom. The fourth-order valence-electron chi connectivity index (χ4n) is 3.11. The van der Waals surface area contributed by atoms with E-state index in [9.17, 15) is 14.7 Å². The Morgan fingerprint density at radius 2 is 1.95 bits per heavy atom. The molecule has 2 aliphatic rings. The van der Waals surface area contributed by atoms with E-state index >= 15 is 0 Å². The van der Waals surface area contributed by atoms with Crippen molar-refractivity contribution in [1.29, 1.82) is 0 Å². The second-order valence-electron chi connectivity index (χ2n) is 5.48. The number of carbonyl (C=O) groups excluding carboxylic acids is 1. The summed E-state index contributed by atoms with van der Waals surface area (Å²) >= 11 is 3.41. The van der Waals surface area contributed by atoms with E-state index in [-0.39, 0.29) is 5.91 Å². The molecule has 1 saturated heterocycles. The van der Waals surface area contributed by atoms with Gasteiger partial charge in [0.15, 0.2) is 0 Å². The predicted molar refractivity (Wildman–Crippen MR) is 84.6 cm³/mol. The van der Waals surface area contributed by atoms with Crippen LogP contribution in [0.15, 0.2) is 34.8 Å². The smallest absolute Gasteiger partial charge is 0.310 e. The molecule has 5 nitrogen and oxygen atoms in total. The van der Waals surface area contributed by atoms with Crippen molar-refractivity contribution in [2.45, 2.75) is 25.6 Å². The van der Waals surface area contributed by atoms with Crippen LogP contribution >= 0.6 is 15.9 Å². The van der Waals surface area contributed by atoms with Crippen molar-refractivity contribution in [3.05, 3.63) is 40.4 Å². The highest BCUT2D eigenvalue weighted by Crippen LogP contribution is 2.40. The van der Waals surface area contributed by atoms with E-state index in [0.29, 0.717) is 5.69 Å². The predicted octanol–water partition coefficient (Wildman–Crippen LogP) is 2.60. The normalized spacial score (nSPS) is 28.8. The van der Waals surface area contributed by atoms with Crippen LogP contribution in [0.2, 0.25) is 0 Å². The first-order valence-corrected chi connectivity index (χ1v) is 7.96. The number of halogens is 1. The Morgan fingerprint density at radius 1 is 1.27 bits per heavy atom. The highest BCUT2D eigenvalue weighted by Gasteiger charge is 2.53. The van der Waals surface area contributed by atoms with Crippen molar-refractivity contribution in [1.82, 2.24) is 0 Å². The van der Waals surface area contributed by atoms with Crippen LogP contribution in [-0.2, 0) is 20.7 Å². The topological polar surface area (TPSA) is 75.6 Å². The number of hydrogen-bond acceptors (Lipinski definition) is 3. The molecule has 2 aliphatic heterocycles. The molecule has 116 valence electrons. The van der Waals surface area contributed by atoms with Crippen molar-refractivity contribution in [3.8, 4) is 0 Å². The number of aliphatic carboxylic acids is 1. The monoisotopic (exact) mass is 365 g/mol. The fourth-order valence-corrected chi connectivity index (χ4v) is 3.52. The number of nitrogens with one attached hydrogen (secondary N) is 1. The van der Waals surface area contributed by atoms with E-state index in [1.165, 1.54) is 0 Å². The summed E-state index contributed by atoms with van der Waals surface area (Å²) in [6, 6.07) is 5.61. The van der Waals surface area contributed by atoms with Gasteiger partial charge in [-0.05, 0) is 30.2 Å². The van der Waals surface area contributed by atoms with Gasteiger partial charge in [-0.25, -0.2) is 0 Å². The summed E-state index contributed by atoms with van der Waals surface area (Å²) in [6.45, 7) is 2.00. The standard InChI is InChI=1S/C16H16BrNO4/c1-2-8-7-9(17)3-4-10(8)18-15(19)13-11-5-6-12(22-11)14(13)16(20)21/h3-7,11-14H,2H2,1H3,(H,18,19)(H,20,21)/t11-,12+,13-,14+/m1/s1. The Labute approximate surface area is 136 Å². The number of anilines is 1. The molecule has 1 amide bonds. The maximum atomic E-state index is 12.6. The van der Waals surface area contributed by atoms with Crippen molar-refractivity contribution < 1.29 is 19.4 Å². The zero-order chi connectivity index (χ0) is 15.9. The number of benzene rings is 1. The van der Waals surface area contributed by atoms with E-state index in [4.69, 9.17) is 4.74 Å². The quantitative estimate of drug-likeness (QED) is 0.804. The second kappa shape index (κ2) is 5.85. The van der Waals surface area contributed by atoms with Gasteiger partial charge in [0.2, 0.25) is 5.91 Å². The van der Waals surface area contributed by atoms with Gasteiger partial charge >= 0.3 is 5.97 Å². The van der Waals surface area contributed by atoms with Crippen LogP contribution in [0, 0.1) is 11.8 Å². The number of carboxylic acid groups (broad SMARTS) is 1. The first-order valence-electron chi connectivity index (χ1n) is 7.17. The minimum atomic E-state index is -0.997. The van der Waals surface area contributed by atoms with Crippen LogP contribution in [-0.4, -0.2) is 29.2 Å². The van der Waals surface area contributed by atoms with Crippen LogP contribution < -0.4 is 5.32 Å². The molecule has 0 spiro atoms. The molecule has 1 fully saturated rings. The molecular weight excluding hydrogens is 350 g/mol. The molecule has 1 aromatic carbocycles. The Hall–Kier alpha value is -1.66. The third kappa shape index (κ3) is 2.57. The van der Waals surface area contributed by atoms with Gasteiger partial charge in [0, 0.05) is 10.2 Å². The third-order valence-corrected chi connectivity index (χ3v) is 4.69. The van der Waals surface area contributed by atoms with Crippen molar-refractivity contribution in [2.24, 2.45) is 11.8 Å². The van der Waals surface area contributed by atoms with Crippen LogP contribution in [0.4, 0.5) is 5.69 Å². The molecule has 2 heterocycles. The number of ether oxygens (including phenoxy) is 1. The van der Waals surface area contributed by atoms with Crippen LogP contribution in [0.5, 0.6) is 0 Å². The molecule has 0 radical (unpaired) electrons. The maximum absolute atomic E-state index is 12.6. The van der Waals surface area contributed by atoms with E-state index < -0.39 is 30.0 Å². The number of hydrogen-bond donors (Lipinski definition) is 2. The Bertz CT molecular complexity index is 658. The lowest BCUT2D eigenvalue weighted by Crippen LogP contribution is -2.39. The molecule has 0 aliphatic carbocycles. The summed E-state index contributed by atoms with van der Waals surface area (Å²) in [4.78, 5) is 24.0. The first-order chi connectivity index (χ1) is 10.5. The maximum Gasteiger partial charge on any atom is 0.310 e. The fraction of sp³-hybridized carbons (Fsp3) is 0.375. The zero-order valence-corrected chi connectivity index (χ0v) is 13.5. The van der Waals surface area contributed by atoms with Gasteiger partial charge in [-0.1, -0.05) is 35.0 Å². The van der Waals surface area contributed by atoms with Gasteiger partial charge in [0.25, 0.3) is 0 Å². The largest absolute Gasteiger partial charge is 0.481 e. The lowest BCUT2D eigenvalue weighted by atomic mass is 9.82. The molecule has 0 aromatic heterocycles. The van der Waals surface area contributed by atoms with Crippen molar-refractivity contribution in [2.75, 3.05) is 5.32 Å². The molecule has 22 heavy (non-hydrogen) atoms. The minimum absolute atomic E-state index is 0.304. The first kappa shape index (κ1) is 15.2. The number of aryl methyl sites for hydroxylation is 1. The summed E-state index contributed by atoms with van der Waals surface area (Å²) in [5.74, 6) is -2.82. The Balaban J connectivity index is 1.83. The van der Waals surface area contributed by atoms with Gasteiger partial charge in [0.05, 0.1) is 18.1 Å². The average Bonchev–Trinajstić information content (AvgIpc) is 3.09. The zero-order valence-electron chi connectivity index (χ0n) is 12.0. The van der Waals surface area contributed by atoms with Crippen LogP contribution in [0.3, 0.4) is 0 Å². The lowest BCUT2D eigenvalue weighted by Gasteiger charge is -2.21. The van der Waals surface area contributed by atoms with Crippen LogP contribution in [0.25, 0.3) is 0 Å².